The van der Waals surface area contributed by atoms with Gasteiger partial charge in [0.05, 0.1) is 12.1 Å². The first-order valence-electron chi connectivity index (χ1n) is 7.92. The Morgan fingerprint density at radius 3 is 2.38 bits per heavy atom. The standard InChI is InChI=1S/C17H15F6N3/c18-12-7-14(20)13(19)6-11(12)10-2-4-26(8-15(10)24)16-5-9(1-3-25-16)17(21,22)23/h1,3,5-7,10,15H,2,4,8,24H2/p+1/t10-,15+/m1/s1. The number of halogens is 6. The quantitative estimate of drug-likeness (QED) is 0.647. The molecule has 0 aliphatic carbocycles. The third-order valence-corrected chi connectivity index (χ3v) is 4.57. The minimum atomic E-state index is -4.48. The van der Waals surface area contributed by atoms with Crippen LogP contribution in [0.15, 0.2) is 30.5 Å². The van der Waals surface area contributed by atoms with Gasteiger partial charge < -0.3 is 10.6 Å². The molecule has 0 amide bonds. The third kappa shape index (κ3) is 3.62. The summed E-state index contributed by atoms with van der Waals surface area (Å²) in [5.41, 5.74) is 3.14. The van der Waals surface area contributed by atoms with Gasteiger partial charge in [-0.2, -0.15) is 13.2 Å². The number of nitrogens with zero attached hydrogens (tertiary/aromatic N) is 2. The molecule has 1 saturated heterocycles. The Hall–Kier alpha value is -2.29. The van der Waals surface area contributed by atoms with Crippen molar-refractivity contribution in [3.63, 3.8) is 0 Å². The number of quaternary nitrogens is 1. The van der Waals surface area contributed by atoms with Gasteiger partial charge in [-0.25, -0.2) is 18.2 Å². The van der Waals surface area contributed by atoms with E-state index in [4.69, 9.17) is 0 Å². The zero-order chi connectivity index (χ0) is 19.1. The van der Waals surface area contributed by atoms with E-state index in [1.165, 1.54) is 0 Å². The summed E-state index contributed by atoms with van der Waals surface area (Å²) >= 11 is 0. The lowest BCUT2D eigenvalue weighted by molar-refractivity contribution is -0.424. The van der Waals surface area contributed by atoms with Crippen molar-refractivity contribution in [2.45, 2.75) is 24.6 Å². The summed E-state index contributed by atoms with van der Waals surface area (Å²) < 4.78 is 79.1. The van der Waals surface area contributed by atoms with Crippen molar-refractivity contribution >= 4 is 5.82 Å². The van der Waals surface area contributed by atoms with Crippen LogP contribution in [0, 0.1) is 17.5 Å². The van der Waals surface area contributed by atoms with Gasteiger partial charge in [-0.05, 0) is 24.6 Å². The minimum Gasteiger partial charge on any atom is -0.353 e. The maximum Gasteiger partial charge on any atom is 0.416 e. The van der Waals surface area contributed by atoms with Crippen LogP contribution in [0.25, 0.3) is 0 Å². The summed E-state index contributed by atoms with van der Waals surface area (Å²) in [4.78, 5) is 5.59. The normalized spacial score (nSPS) is 21.1. The van der Waals surface area contributed by atoms with Gasteiger partial charge in [-0.15, -0.1) is 0 Å². The van der Waals surface area contributed by atoms with E-state index in [1.807, 2.05) is 0 Å². The summed E-state index contributed by atoms with van der Waals surface area (Å²) in [6.07, 6.45) is -3.07. The average Bonchev–Trinajstić information content (AvgIpc) is 2.58. The van der Waals surface area contributed by atoms with Crippen molar-refractivity contribution in [2.24, 2.45) is 0 Å². The van der Waals surface area contributed by atoms with Crippen LogP contribution in [0.2, 0.25) is 0 Å². The van der Waals surface area contributed by atoms with Gasteiger partial charge in [0.2, 0.25) is 0 Å². The number of hydrogen-bond donors (Lipinski definition) is 1. The molecule has 0 bridgehead atoms. The topological polar surface area (TPSA) is 43.8 Å². The molecule has 140 valence electrons. The monoisotopic (exact) mass is 376 g/mol. The molecule has 0 spiro atoms. The molecule has 1 aliphatic rings. The van der Waals surface area contributed by atoms with E-state index in [0.29, 0.717) is 19.0 Å². The lowest BCUT2D eigenvalue weighted by Crippen LogP contribution is -2.70. The Balaban J connectivity index is 1.80. The number of pyridine rings is 1. The molecule has 2 atom stereocenters. The molecule has 1 aromatic heterocycles. The van der Waals surface area contributed by atoms with Gasteiger partial charge in [0.15, 0.2) is 11.6 Å². The van der Waals surface area contributed by atoms with Gasteiger partial charge >= 0.3 is 6.18 Å². The largest absolute Gasteiger partial charge is 0.416 e. The molecule has 0 unspecified atom stereocenters. The Kier molecular flexibility index (Phi) is 4.83. The van der Waals surface area contributed by atoms with Crippen molar-refractivity contribution in [1.82, 2.24) is 4.98 Å². The molecule has 0 saturated carbocycles. The predicted molar refractivity (Wildman–Crippen MR) is 81.8 cm³/mol. The van der Waals surface area contributed by atoms with Crippen molar-refractivity contribution < 1.29 is 32.1 Å². The van der Waals surface area contributed by atoms with Crippen LogP contribution in [0.1, 0.15) is 23.5 Å². The fourth-order valence-corrected chi connectivity index (χ4v) is 3.24. The highest BCUT2D eigenvalue weighted by atomic mass is 19.4. The highest BCUT2D eigenvalue weighted by Crippen LogP contribution is 2.34. The second kappa shape index (κ2) is 6.79. The van der Waals surface area contributed by atoms with E-state index in [9.17, 15) is 26.3 Å². The average molecular weight is 376 g/mol. The van der Waals surface area contributed by atoms with E-state index in [-0.39, 0.29) is 17.9 Å². The number of rotatable bonds is 2. The van der Waals surface area contributed by atoms with E-state index in [1.54, 1.807) is 4.90 Å². The van der Waals surface area contributed by atoms with Crippen LogP contribution in [-0.4, -0.2) is 24.1 Å². The molecule has 1 fully saturated rings. The van der Waals surface area contributed by atoms with E-state index in [2.05, 4.69) is 10.7 Å². The Morgan fingerprint density at radius 2 is 1.73 bits per heavy atom. The SMILES string of the molecule is [NH3+][C@H]1CN(c2cc(C(F)(F)F)ccn2)CC[C@@H]1c1cc(F)c(F)cc1F. The highest BCUT2D eigenvalue weighted by Gasteiger charge is 2.35. The number of hydrogen-bond acceptors (Lipinski definition) is 2. The predicted octanol–water partition coefficient (Wildman–Crippen LogP) is 3.12. The molecule has 3 rings (SSSR count). The fourth-order valence-electron chi connectivity index (χ4n) is 3.24. The molecular formula is C17H16F6N3+. The van der Waals surface area contributed by atoms with Crippen LogP contribution in [0.4, 0.5) is 32.2 Å². The Bertz CT molecular complexity index is 808. The number of anilines is 1. The lowest BCUT2D eigenvalue weighted by Gasteiger charge is -2.35. The molecule has 1 aromatic carbocycles. The van der Waals surface area contributed by atoms with Crippen LogP contribution in [-0.2, 0) is 6.18 Å². The summed E-state index contributed by atoms with van der Waals surface area (Å²) in [5.74, 6) is -3.58. The maximum atomic E-state index is 14.0. The summed E-state index contributed by atoms with van der Waals surface area (Å²) in [5, 5.41) is 0. The summed E-state index contributed by atoms with van der Waals surface area (Å²) in [6.45, 7) is 0.515. The molecular weight excluding hydrogens is 360 g/mol. The first-order chi connectivity index (χ1) is 12.2. The first-order valence-corrected chi connectivity index (χ1v) is 7.92. The van der Waals surface area contributed by atoms with Crippen molar-refractivity contribution in [1.29, 1.82) is 0 Å². The van der Waals surface area contributed by atoms with Gasteiger partial charge in [0.1, 0.15) is 17.7 Å². The zero-order valence-electron chi connectivity index (χ0n) is 13.5. The van der Waals surface area contributed by atoms with Gasteiger partial charge in [-0.1, -0.05) is 0 Å². The number of benzene rings is 1. The fraction of sp³-hybridized carbons (Fsp3) is 0.353. The Labute approximate surface area is 145 Å². The number of aromatic nitrogens is 1. The van der Waals surface area contributed by atoms with E-state index in [0.717, 1.165) is 24.4 Å². The van der Waals surface area contributed by atoms with E-state index >= 15 is 0 Å². The Morgan fingerprint density at radius 1 is 1.04 bits per heavy atom. The van der Waals surface area contributed by atoms with Crippen LogP contribution < -0.4 is 10.6 Å². The zero-order valence-corrected chi connectivity index (χ0v) is 13.5. The second-order valence-corrected chi connectivity index (χ2v) is 6.29. The summed E-state index contributed by atoms with van der Waals surface area (Å²) in [7, 11) is 0. The van der Waals surface area contributed by atoms with Crippen molar-refractivity contribution in [2.75, 3.05) is 18.0 Å². The molecule has 26 heavy (non-hydrogen) atoms. The van der Waals surface area contributed by atoms with E-state index < -0.39 is 41.2 Å². The maximum absolute atomic E-state index is 14.0. The number of piperidine rings is 1. The smallest absolute Gasteiger partial charge is 0.353 e. The first kappa shape index (κ1) is 18.5. The van der Waals surface area contributed by atoms with Crippen molar-refractivity contribution in [3.05, 3.63) is 59.0 Å². The molecule has 3 N–H and O–H groups in total. The second-order valence-electron chi connectivity index (χ2n) is 6.29. The minimum absolute atomic E-state index is 0.0283. The van der Waals surface area contributed by atoms with Crippen LogP contribution in [0.5, 0.6) is 0 Å². The lowest BCUT2D eigenvalue weighted by atomic mass is 9.85. The molecule has 9 heteroatoms. The molecule has 2 heterocycles. The van der Waals surface area contributed by atoms with Crippen LogP contribution in [0.3, 0.4) is 0 Å². The van der Waals surface area contributed by atoms with Gasteiger partial charge in [0, 0.05) is 30.3 Å². The highest BCUT2D eigenvalue weighted by molar-refractivity contribution is 5.43. The number of alkyl halides is 3. The van der Waals surface area contributed by atoms with Crippen molar-refractivity contribution in [3.8, 4) is 0 Å². The molecule has 0 radical (unpaired) electrons. The van der Waals surface area contributed by atoms with Gasteiger partial charge in [0.25, 0.3) is 0 Å². The molecule has 3 nitrogen and oxygen atoms in total. The van der Waals surface area contributed by atoms with Crippen LogP contribution >= 0.6 is 0 Å². The van der Waals surface area contributed by atoms with Gasteiger partial charge in [-0.3, -0.25) is 0 Å². The third-order valence-electron chi connectivity index (χ3n) is 4.57. The summed E-state index contributed by atoms with van der Waals surface area (Å²) in [6, 6.07) is 2.73. The molecule has 1 aliphatic heterocycles. The molecule has 2 aromatic rings.